The molecule has 0 fully saturated rings. The predicted octanol–water partition coefficient (Wildman–Crippen LogP) is 3.97. The fourth-order valence-corrected chi connectivity index (χ4v) is 3.89. The first-order chi connectivity index (χ1) is 12.4. The van der Waals surface area contributed by atoms with Gasteiger partial charge in [0.2, 0.25) is 11.7 Å². The molecule has 136 valence electrons. The van der Waals surface area contributed by atoms with Gasteiger partial charge in [-0.2, -0.15) is 4.98 Å². The van der Waals surface area contributed by atoms with Crippen molar-refractivity contribution in [2.24, 2.45) is 0 Å². The molecule has 1 aromatic heterocycles. The molecule has 1 heterocycles. The summed E-state index contributed by atoms with van der Waals surface area (Å²) in [6.45, 7) is 5.72. The second-order valence-corrected chi connectivity index (χ2v) is 7.65. The number of nitrogens with zero attached hydrogens (tertiary/aromatic N) is 2. The number of hydrogen-bond acceptors (Lipinski definition) is 5. The molecule has 0 bridgehead atoms. The van der Waals surface area contributed by atoms with Crippen molar-refractivity contribution in [2.45, 2.75) is 38.5 Å². The molecule has 0 amide bonds. The van der Waals surface area contributed by atoms with E-state index in [1.165, 1.54) is 0 Å². The SMILES string of the molecule is CCc1ccc(NS(=O)(=O)c2cc(-c3noc(CC)n3)ccc2C)cc1. The molecular weight excluding hydrogens is 350 g/mol. The number of aryl methyl sites for hydroxylation is 3. The fourth-order valence-electron chi connectivity index (χ4n) is 2.56. The van der Waals surface area contributed by atoms with Crippen molar-refractivity contribution in [1.29, 1.82) is 0 Å². The monoisotopic (exact) mass is 371 g/mol. The lowest BCUT2D eigenvalue weighted by Gasteiger charge is -2.11. The molecule has 2 aromatic carbocycles. The number of aromatic nitrogens is 2. The smallest absolute Gasteiger partial charge is 0.262 e. The van der Waals surface area contributed by atoms with Crippen LogP contribution in [0.3, 0.4) is 0 Å². The summed E-state index contributed by atoms with van der Waals surface area (Å²) in [6, 6.07) is 12.5. The van der Waals surface area contributed by atoms with Crippen LogP contribution in [0.25, 0.3) is 11.4 Å². The highest BCUT2D eigenvalue weighted by molar-refractivity contribution is 7.92. The third-order valence-electron chi connectivity index (χ3n) is 4.12. The maximum absolute atomic E-state index is 12.8. The van der Waals surface area contributed by atoms with E-state index in [1.54, 1.807) is 37.3 Å². The van der Waals surface area contributed by atoms with Gasteiger partial charge in [-0.1, -0.05) is 43.3 Å². The van der Waals surface area contributed by atoms with Gasteiger partial charge >= 0.3 is 0 Å². The Hall–Kier alpha value is -2.67. The average molecular weight is 371 g/mol. The highest BCUT2D eigenvalue weighted by Crippen LogP contribution is 2.25. The van der Waals surface area contributed by atoms with Gasteiger partial charge in [-0.3, -0.25) is 4.72 Å². The topological polar surface area (TPSA) is 85.1 Å². The van der Waals surface area contributed by atoms with Crippen molar-refractivity contribution in [2.75, 3.05) is 4.72 Å². The van der Waals surface area contributed by atoms with Crippen molar-refractivity contribution in [3.63, 3.8) is 0 Å². The largest absolute Gasteiger partial charge is 0.339 e. The van der Waals surface area contributed by atoms with E-state index in [0.717, 1.165) is 12.0 Å². The standard InChI is InChI=1S/C19H21N3O3S/c1-4-14-7-10-16(11-8-14)22-26(23,24)17-12-15(9-6-13(17)3)19-20-18(5-2)25-21-19/h6-12,22H,4-5H2,1-3H3. The zero-order valence-corrected chi connectivity index (χ0v) is 15.8. The van der Waals surface area contributed by atoms with Crippen LogP contribution in [-0.4, -0.2) is 18.6 Å². The molecule has 6 nitrogen and oxygen atoms in total. The third-order valence-corrected chi connectivity index (χ3v) is 5.64. The Balaban J connectivity index is 1.94. The predicted molar refractivity (Wildman–Crippen MR) is 100 cm³/mol. The van der Waals surface area contributed by atoms with E-state index in [2.05, 4.69) is 21.8 Å². The van der Waals surface area contributed by atoms with E-state index >= 15 is 0 Å². The van der Waals surface area contributed by atoms with Crippen LogP contribution in [0.1, 0.15) is 30.9 Å². The van der Waals surface area contributed by atoms with Crippen LogP contribution < -0.4 is 4.72 Å². The molecule has 0 aliphatic carbocycles. The Labute approximate surface area is 153 Å². The molecular formula is C19H21N3O3S. The zero-order valence-electron chi connectivity index (χ0n) is 15.0. The van der Waals surface area contributed by atoms with Crippen molar-refractivity contribution >= 4 is 15.7 Å². The summed E-state index contributed by atoms with van der Waals surface area (Å²) in [5, 5.41) is 3.91. The maximum Gasteiger partial charge on any atom is 0.262 e. The summed E-state index contributed by atoms with van der Waals surface area (Å²) in [5.41, 5.74) is 2.92. The molecule has 0 saturated heterocycles. The molecule has 7 heteroatoms. The van der Waals surface area contributed by atoms with Gasteiger partial charge in [0.05, 0.1) is 4.90 Å². The van der Waals surface area contributed by atoms with E-state index in [1.807, 2.05) is 19.1 Å². The second kappa shape index (κ2) is 7.29. The highest BCUT2D eigenvalue weighted by Gasteiger charge is 2.19. The van der Waals surface area contributed by atoms with Crippen molar-refractivity contribution in [3.05, 3.63) is 59.5 Å². The number of hydrogen-bond donors (Lipinski definition) is 1. The molecule has 0 saturated carbocycles. The number of rotatable bonds is 6. The normalized spacial score (nSPS) is 11.5. The van der Waals surface area contributed by atoms with Gasteiger partial charge in [0.15, 0.2) is 0 Å². The van der Waals surface area contributed by atoms with Crippen LogP contribution in [-0.2, 0) is 22.9 Å². The van der Waals surface area contributed by atoms with Crippen molar-refractivity contribution < 1.29 is 12.9 Å². The summed E-state index contributed by atoms with van der Waals surface area (Å²) in [4.78, 5) is 4.45. The van der Waals surface area contributed by atoms with Crippen LogP contribution in [0.5, 0.6) is 0 Å². The van der Waals surface area contributed by atoms with Crippen LogP contribution in [0.4, 0.5) is 5.69 Å². The van der Waals surface area contributed by atoms with Gasteiger partial charge in [0, 0.05) is 17.7 Å². The summed E-state index contributed by atoms with van der Waals surface area (Å²) in [5.74, 6) is 0.893. The molecule has 0 atom stereocenters. The van der Waals surface area contributed by atoms with Crippen LogP contribution in [0, 0.1) is 6.92 Å². The van der Waals surface area contributed by atoms with Gasteiger partial charge in [0.1, 0.15) is 0 Å². The minimum Gasteiger partial charge on any atom is -0.339 e. The first-order valence-corrected chi connectivity index (χ1v) is 9.96. The second-order valence-electron chi connectivity index (χ2n) is 6.00. The molecule has 0 aliphatic rings. The summed E-state index contributed by atoms with van der Waals surface area (Å²) >= 11 is 0. The van der Waals surface area contributed by atoms with Crippen LogP contribution in [0.2, 0.25) is 0 Å². The summed E-state index contributed by atoms with van der Waals surface area (Å²) in [7, 11) is -3.73. The fraction of sp³-hybridized carbons (Fsp3) is 0.263. The molecule has 0 aliphatic heterocycles. The molecule has 26 heavy (non-hydrogen) atoms. The van der Waals surface area contributed by atoms with Gasteiger partial charge in [-0.25, -0.2) is 8.42 Å². The quantitative estimate of drug-likeness (QED) is 0.709. The molecule has 0 unspecified atom stereocenters. The van der Waals surface area contributed by atoms with Gasteiger partial charge < -0.3 is 4.52 Å². The van der Waals surface area contributed by atoms with E-state index in [4.69, 9.17) is 4.52 Å². The first-order valence-electron chi connectivity index (χ1n) is 8.48. The molecule has 1 N–H and O–H groups in total. The van der Waals surface area contributed by atoms with E-state index < -0.39 is 10.0 Å². The van der Waals surface area contributed by atoms with E-state index in [9.17, 15) is 8.42 Å². The Morgan fingerprint density at radius 2 is 1.77 bits per heavy atom. The van der Waals surface area contributed by atoms with Gasteiger partial charge in [-0.15, -0.1) is 0 Å². The van der Waals surface area contributed by atoms with Gasteiger partial charge in [-0.05, 0) is 42.7 Å². The van der Waals surface area contributed by atoms with Crippen LogP contribution in [0.15, 0.2) is 51.9 Å². The maximum atomic E-state index is 12.8. The van der Waals surface area contributed by atoms with Crippen molar-refractivity contribution in [1.82, 2.24) is 10.1 Å². The third kappa shape index (κ3) is 3.77. The lowest BCUT2D eigenvalue weighted by atomic mass is 10.1. The summed E-state index contributed by atoms with van der Waals surface area (Å²) in [6.07, 6.45) is 1.53. The minimum atomic E-state index is -3.73. The zero-order chi connectivity index (χ0) is 18.7. The summed E-state index contributed by atoms with van der Waals surface area (Å²) < 4.78 is 33.4. The Bertz CT molecular complexity index is 1010. The number of benzene rings is 2. The van der Waals surface area contributed by atoms with E-state index in [-0.39, 0.29) is 4.90 Å². The molecule has 3 rings (SSSR count). The number of anilines is 1. The molecule has 0 spiro atoms. The van der Waals surface area contributed by atoms with Crippen LogP contribution >= 0.6 is 0 Å². The van der Waals surface area contributed by atoms with E-state index in [0.29, 0.717) is 35.0 Å². The Morgan fingerprint density at radius 1 is 1.04 bits per heavy atom. The minimum absolute atomic E-state index is 0.192. The number of sulfonamides is 1. The number of nitrogens with one attached hydrogen (secondary N) is 1. The average Bonchev–Trinajstić information content (AvgIpc) is 3.11. The lowest BCUT2D eigenvalue weighted by molar-refractivity contribution is 0.383. The Kier molecular flexibility index (Phi) is 5.08. The molecule has 3 aromatic rings. The first kappa shape index (κ1) is 18.1. The van der Waals surface area contributed by atoms with Crippen molar-refractivity contribution in [3.8, 4) is 11.4 Å². The lowest BCUT2D eigenvalue weighted by Crippen LogP contribution is -2.14. The van der Waals surface area contributed by atoms with Gasteiger partial charge in [0.25, 0.3) is 10.0 Å². The molecule has 0 radical (unpaired) electrons. The Morgan fingerprint density at radius 3 is 2.38 bits per heavy atom. The highest BCUT2D eigenvalue weighted by atomic mass is 32.2.